The third-order valence-corrected chi connectivity index (χ3v) is 10.5. The number of carbonyl (C=O) groups is 1. The highest BCUT2D eigenvalue weighted by molar-refractivity contribution is 5.84. The van der Waals surface area contributed by atoms with E-state index in [1.165, 1.54) is 37.3 Å². The zero-order valence-electron chi connectivity index (χ0n) is 20.7. The fourth-order valence-corrected chi connectivity index (χ4v) is 8.96. The van der Waals surface area contributed by atoms with Gasteiger partial charge in [-0.25, -0.2) is 0 Å². The van der Waals surface area contributed by atoms with Crippen molar-refractivity contribution in [1.29, 1.82) is 0 Å². The van der Waals surface area contributed by atoms with Crippen molar-refractivity contribution in [2.75, 3.05) is 0 Å². The molecule has 34 heavy (non-hydrogen) atoms. The van der Waals surface area contributed by atoms with Gasteiger partial charge in [0.25, 0.3) is 0 Å². The molecule has 0 radical (unpaired) electrons. The Morgan fingerprint density at radius 2 is 1.88 bits per heavy atom. The van der Waals surface area contributed by atoms with E-state index in [-0.39, 0.29) is 28.5 Å². The number of esters is 1. The van der Waals surface area contributed by atoms with Crippen LogP contribution in [-0.2, 0) is 9.53 Å². The van der Waals surface area contributed by atoms with Crippen molar-refractivity contribution in [3.8, 4) is 0 Å². The molecule has 1 aromatic heterocycles. The van der Waals surface area contributed by atoms with E-state index in [1.807, 2.05) is 6.07 Å². The summed E-state index contributed by atoms with van der Waals surface area (Å²) in [5.74, 6) is 2.38. The Morgan fingerprint density at radius 3 is 2.71 bits per heavy atom. The highest BCUT2D eigenvalue weighted by Gasteiger charge is 2.59. The molecule has 0 bridgehead atoms. The first-order valence-corrected chi connectivity index (χ1v) is 13.3. The molecule has 4 heteroatoms. The number of H-pyrrole nitrogens is 1. The molecule has 6 rings (SSSR count). The standard InChI is InChI=1S/C30H37NO3/c1-18(32)34-21-12-14-29(2)20(17-21)8-9-23-24-10-11-26(30(24,3)15-13-25(23)29)28-22-7-5-4-6-19(22)16-27(33)31-28/h4-8,16,21,23-26H,9-15,17H2,1-3H3,(H,31,33)/t21-,23-,24-,25-,26+,29-,30-/m0/s1. The summed E-state index contributed by atoms with van der Waals surface area (Å²) in [6.45, 7) is 6.54. The van der Waals surface area contributed by atoms with Crippen molar-refractivity contribution < 1.29 is 9.53 Å². The lowest BCUT2D eigenvalue weighted by molar-refractivity contribution is -0.148. The van der Waals surface area contributed by atoms with E-state index < -0.39 is 0 Å². The van der Waals surface area contributed by atoms with Crippen LogP contribution in [0.1, 0.15) is 83.7 Å². The van der Waals surface area contributed by atoms with Gasteiger partial charge >= 0.3 is 5.97 Å². The summed E-state index contributed by atoms with van der Waals surface area (Å²) in [5, 5.41) is 2.28. The first-order valence-electron chi connectivity index (χ1n) is 13.3. The third kappa shape index (κ3) is 3.24. The maximum Gasteiger partial charge on any atom is 0.302 e. The molecule has 4 nitrogen and oxygen atoms in total. The van der Waals surface area contributed by atoms with E-state index in [2.05, 4.69) is 43.1 Å². The van der Waals surface area contributed by atoms with Crippen LogP contribution < -0.4 is 5.56 Å². The van der Waals surface area contributed by atoms with E-state index in [1.54, 1.807) is 11.6 Å². The van der Waals surface area contributed by atoms with Gasteiger partial charge in [0.2, 0.25) is 5.56 Å². The molecule has 1 N–H and O–H groups in total. The Balaban J connectivity index is 1.32. The van der Waals surface area contributed by atoms with E-state index >= 15 is 0 Å². The molecular weight excluding hydrogens is 422 g/mol. The Hall–Kier alpha value is -2.36. The quantitative estimate of drug-likeness (QED) is 0.412. The monoisotopic (exact) mass is 459 g/mol. The predicted molar refractivity (Wildman–Crippen MR) is 135 cm³/mol. The molecule has 3 saturated carbocycles. The number of allylic oxidation sites excluding steroid dienone is 1. The molecule has 1 heterocycles. The van der Waals surface area contributed by atoms with Gasteiger partial charge < -0.3 is 9.72 Å². The normalized spacial score (nSPS) is 39.0. The summed E-state index contributed by atoms with van der Waals surface area (Å²) in [6.07, 6.45) is 11.7. The van der Waals surface area contributed by atoms with Crippen LogP contribution in [0.4, 0.5) is 0 Å². The molecule has 2 aromatic rings. The molecular formula is C30H37NO3. The van der Waals surface area contributed by atoms with Gasteiger partial charge in [-0.15, -0.1) is 0 Å². The number of pyridine rings is 1. The summed E-state index contributed by atoms with van der Waals surface area (Å²) in [5.41, 5.74) is 3.21. The van der Waals surface area contributed by atoms with Crippen molar-refractivity contribution in [1.82, 2.24) is 4.98 Å². The molecule has 180 valence electrons. The number of benzene rings is 1. The molecule has 4 aliphatic rings. The SMILES string of the molecule is CC(=O)O[C@H]1CC[C@@]2(C)C(=CC[C@H]3[C@@H]4CC[C@H](c5[nH]c(=O)cc6ccccc56)[C@@]4(C)CC[C@@H]32)C1. The molecule has 3 fully saturated rings. The van der Waals surface area contributed by atoms with Crippen molar-refractivity contribution in [2.24, 2.45) is 28.6 Å². The average Bonchev–Trinajstić information content (AvgIpc) is 3.15. The Morgan fingerprint density at radius 1 is 1.06 bits per heavy atom. The van der Waals surface area contributed by atoms with Crippen LogP contribution in [0.3, 0.4) is 0 Å². The first-order chi connectivity index (χ1) is 16.3. The van der Waals surface area contributed by atoms with Crippen LogP contribution in [0, 0.1) is 28.6 Å². The number of fused-ring (bicyclic) bond motifs is 6. The number of ether oxygens (including phenoxy) is 1. The fraction of sp³-hybridized carbons (Fsp3) is 0.600. The second-order valence-electron chi connectivity index (χ2n) is 12.0. The van der Waals surface area contributed by atoms with Gasteiger partial charge in [0.15, 0.2) is 0 Å². The zero-order valence-corrected chi connectivity index (χ0v) is 20.7. The summed E-state index contributed by atoms with van der Waals surface area (Å²) < 4.78 is 5.61. The van der Waals surface area contributed by atoms with Crippen LogP contribution in [0.25, 0.3) is 10.8 Å². The highest BCUT2D eigenvalue weighted by Crippen LogP contribution is 2.68. The molecule has 1 aromatic carbocycles. The minimum Gasteiger partial charge on any atom is -0.462 e. The van der Waals surface area contributed by atoms with Gasteiger partial charge in [0, 0.05) is 36.4 Å². The molecule has 0 saturated heterocycles. The molecule has 7 atom stereocenters. The first kappa shape index (κ1) is 22.1. The second-order valence-corrected chi connectivity index (χ2v) is 12.0. The topological polar surface area (TPSA) is 59.2 Å². The summed E-state index contributed by atoms with van der Waals surface area (Å²) in [6, 6.07) is 10.1. The maximum atomic E-state index is 12.6. The number of hydrogen-bond acceptors (Lipinski definition) is 3. The van der Waals surface area contributed by atoms with Gasteiger partial charge in [-0.1, -0.05) is 49.8 Å². The summed E-state index contributed by atoms with van der Waals surface area (Å²) in [7, 11) is 0. The van der Waals surface area contributed by atoms with Gasteiger partial charge in [-0.05, 0) is 78.9 Å². The average molecular weight is 460 g/mol. The van der Waals surface area contributed by atoms with Crippen LogP contribution in [0.2, 0.25) is 0 Å². The number of rotatable bonds is 2. The number of aromatic nitrogens is 1. The Labute approximate surface area is 202 Å². The predicted octanol–water partition coefficient (Wildman–Crippen LogP) is 6.51. The highest BCUT2D eigenvalue weighted by atomic mass is 16.5. The van der Waals surface area contributed by atoms with Crippen molar-refractivity contribution in [3.05, 3.63) is 58.0 Å². The Bertz CT molecular complexity index is 1230. The molecule has 0 amide bonds. The number of hydrogen-bond donors (Lipinski definition) is 1. The second kappa shape index (κ2) is 7.83. The minimum absolute atomic E-state index is 0.0247. The fourth-order valence-electron chi connectivity index (χ4n) is 8.96. The lowest BCUT2D eigenvalue weighted by Crippen LogP contribution is -2.50. The van der Waals surface area contributed by atoms with Crippen LogP contribution >= 0.6 is 0 Å². The molecule has 0 unspecified atom stereocenters. The third-order valence-electron chi connectivity index (χ3n) is 10.5. The number of aromatic amines is 1. The van der Waals surface area contributed by atoms with Crippen LogP contribution in [0.15, 0.2) is 46.8 Å². The summed E-state index contributed by atoms with van der Waals surface area (Å²) >= 11 is 0. The van der Waals surface area contributed by atoms with Crippen molar-refractivity contribution >= 4 is 16.7 Å². The van der Waals surface area contributed by atoms with Crippen LogP contribution in [-0.4, -0.2) is 17.1 Å². The Kier molecular flexibility index (Phi) is 5.09. The van der Waals surface area contributed by atoms with Gasteiger partial charge in [0.1, 0.15) is 6.10 Å². The van der Waals surface area contributed by atoms with E-state index in [0.29, 0.717) is 23.7 Å². The minimum atomic E-state index is -0.153. The lowest BCUT2D eigenvalue weighted by Gasteiger charge is -2.58. The lowest BCUT2D eigenvalue weighted by atomic mass is 9.47. The van der Waals surface area contributed by atoms with E-state index in [4.69, 9.17) is 4.74 Å². The molecule has 0 spiro atoms. The summed E-state index contributed by atoms with van der Waals surface area (Å²) in [4.78, 5) is 27.4. The number of carbonyl (C=O) groups excluding carboxylic acids is 1. The van der Waals surface area contributed by atoms with Gasteiger partial charge in [-0.3, -0.25) is 9.59 Å². The van der Waals surface area contributed by atoms with E-state index in [9.17, 15) is 9.59 Å². The largest absolute Gasteiger partial charge is 0.462 e. The molecule has 0 aliphatic heterocycles. The van der Waals surface area contributed by atoms with Crippen LogP contribution in [0.5, 0.6) is 0 Å². The van der Waals surface area contributed by atoms with Gasteiger partial charge in [0.05, 0.1) is 0 Å². The van der Waals surface area contributed by atoms with Gasteiger partial charge in [-0.2, -0.15) is 0 Å². The van der Waals surface area contributed by atoms with Crippen molar-refractivity contribution in [3.63, 3.8) is 0 Å². The molecule has 4 aliphatic carbocycles. The number of nitrogens with one attached hydrogen (secondary N) is 1. The van der Waals surface area contributed by atoms with E-state index in [0.717, 1.165) is 37.5 Å². The zero-order chi connectivity index (χ0) is 23.7. The maximum absolute atomic E-state index is 12.6. The smallest absolute Gasteiger partial charge is 0.302 e. The van der Waals surface area contributed by atoms with Crippen molar-refractivity contribution in [2.45, 2.75) is 84.2 Å².